The van der Waals surface area contributed by atoms with Gasteiger partial charge in [-0.25, -0.2) is 4.98 Å². The molecule has 0 saturated carbocycles. The van der Waals surface area contributed by atoms with E-state index < -0.39 is 5.60 Å². The Balaban J connectivity index is 1.98. The van der Waals surface area contributed by atoms with Crippen LogP contribution in [0.4, 0.5) is 0 Å². The smallest absolute Gasteiger partial charge is 0.128 e. The molecule has 0 fully saturated rings. The number of hydrogen-bond donors (Lipinski definition) is 1. The summed E-state index contributed by atoms with van der Waals surface area (Å²) in [5.41, 5.74) is 1.61. The Kier molecular flexibility index (Phi) is 4.40. The van der Waals surface area contributed by atoms with Crippen LogP contribution < -0.4 is 4.74 Å². The quantitative estimate of drug-likeness (QED) is 0.782. The van der Waals surface area contributed by atoms with Crippen LogP contribution in [-0.4, -0.2) is 21.8 Å². The van der Waals surface area contributed by atoms with E-state index in [2.05, 4.69) is 21.7 Å². The first-order valence-electron chi connectivity index (χ1n) is 7.96. The maximum Gasteiger partial charge on any atom is 0.128 e. The van der Waals surface area contributed by atoms with E-state index in [1.165, 1.54) is 5.56 Å². The third kappa shape index (κ3) is 3.05. The molecule has 0 saturated heterocycles. The number of imidazole rings is 1. The largest absolute Gasteiger partial charge is 0.497 e. The monoisotopic (exact) mass is 322 g/mol. The maximum atomic E-state index is 11.2. The fraction of sp³-hybridized carbons (Fsp3) is 0.250. The minimum Gasteiger partial charge on any atom is -0.497 e. The van der Waals surface area contributed by atoms with Gasteiger partial charge in [0.2, 0.25) is 0 Å². The van der Waals surface area contributed by atoms with Crippen molar-refractivity contribution in [1.29, 1.82) is 0 Å². The molecule has 0 aliphatic carbocycles. The average molecular weight is 322 g/mol. The van der Waals surface area contributed by atoms with Crippen molar-refractivity contribution in [1.82, 2.24) is 9.55 Å². The van der Waals surface area contributed by atoms with Gasteiger partial charge >= 0.3 is 0 Å². The molecule has 0 amide bonds. The van der Waals surface area contributed by atoms with Crippen LogP contribution >= 0.6 is 0 Å². The molecule has 3 rings (SSSR count). The van der Waals surface area contributed by atoms with Gasteiger partial charge in [-0.1, -0.05) is 42.5 Å². The van der Waals surface area contributed by atoms with Crippen LogP contribution in [0.25, 0.3) is 0 Å². The molecular formula is C20H22N2O2. The van der Waals surface area contributed by atoms with Crippen LogP contribution in [0, 0.1) is 6.92 Å². The molecule has 0 bridgehead atoms. The minimum absolute atomic E-state index is 0.675. The predicted octanol–water partition coefficient (Wildman–Crippen LogP) is 3.50. The Labute approximate surface area is 142 Å². The zero-order valence-electron chi connectivity index (χ0n) is 14.2. The van der Waals surface area contributed by atoms with Gasteiger partial charge in [0, 0.05) is 6.54 Å². The summed E-state index contributed by atoms with van der Waals surface area (Å²) in [6.07, 6.45) is 1.75. The molecule has 1 atom stereocenters. The van der Waals surface area contributed by atoms with E-state index in [-0.39, 0.29) is 0 Å². The van der Waals surface area contributed by atoms with E-state index in [0.717, 1.165) is 22.8 Å². The van der Waals surface area contributed by atoms with Crippen molar-refractivity contribution < 1.29 is 9.84 Å². The number of benzene rings is 2. The van der Waals surface area contributed by atoms with E-state index in [0.29, 0.717) is 6.54 Å². The van der Waals surface area contributed by atoms with Crippen LogP contribution in [-0.2, 0) is 12.1 Å². The summed E-state index contributed by atoms with van der Waals surface area (Å²) in [5.74, 6) is 1.64. The number of aryl methyl sites for hydroxylation is 1. The second-order valence-corrected chi connectivity index (χ2v) is 6.06. The zero-order chi connectivity index (χ0) is 17.2. The van der Waals surface area contributed by atoms with E-state index >= 15 is 0 Å². The summed E-state index contributed by atoms with van der Waals surface area (Å²) in [6, 6.07) is 17.7. The lowest BCUT2D eigenvalue weighted by Crippen LogP contribution is -2.27. The molecule has 4 heteroatoms. The molecule has 1 heterocycles. The Morgan fingerprint density at radius 3 is 2.38 bits per heavy atom. The van der Waals surface area contributed by atoms with Crippen molar-refractivity contribution >= 4 is 0 Å². The molecule has 24 heavy (non-hydrogen) atoms. The average Bonchev–Trinajstić information content (AvgIpc) is 2.97. The van der Waals surface area contributed by atoms with Gasteiger partial charge in [-0.15, -0.1) is 0 Å². The topological polar surface area (TPSA) is 47.3 Å². The number of methoxy groups -OCH3 is 1. The van der Waals surface area contributed by atoms with Gasteiger partial charge in [-0.05, 0) is 37.1 Å². The molecule has 0 spiro atoms. The van der Waals surface area contributed by atoms with Crippen molar-refractivity contribution in [3.8, 4) is 5.75 Å². The molecule has 1 N–H and O–H groups in total. The van der Waals surface area contributed by atoms with Crippen molar-refractivity contribution in [2.45, 2.75) is 26.0 Å². The Bertz CT molecular complexity index is 805. The molecule has 2 aromatic carbocycles. The van der Waals surface area contributed by atoms with Crippen LogP contribution in [0.3, 0.4) is 0 Å². The SMILES string of the molecule is COc1ccc([C@@](C)(O)c2cnc(C)n2Cc2ccccc2)cc1. The summed E-state index contributed by atoms with van der Waals surface area (Å²) < 4.78 is 7.25. The Hall–Kier alpha value is -2.59. The Morgan fingerprint density at radius 2 is 1.75 bits per heavy atom. The van der Waals surface area contributed by atoms with Gasteiger partial charge in [-0.3, -0.25) is 0 Å². The van der Waals surface area contributed by atoms with Gasteiger partial charge in [0.25, 0.3) is 0 Å². The van der Waals surface area contributed by atoms with Crippen LogP contribution in [0.15, 0.2) is 60.8 Å². The summed E-state index contributed by atoms with van der Waals surface area (Å²) in [4.78, 5) is 4.42. The standard InChI is InChI=1S/C20H22N2O2/c1-15-21-13-19(22(15)14-16-7-5-4-6-8-16)20(2,23)17-9-11-18(24-3)12-10-17/h4-13,23H,14H2,1-3H3/t20-/m1/s1. The summed E-state index contributed by atoms with van der Waals surface area (Å²) >= 11 is 0. The molecule has 3 aromatic rings. The number of aromatic nitrogens is 2. The first kappa shape index (κ1) is 16.3. The number of ether oxygens (including phenoxy) is 1. The number of rotatable bonds is 5. The van der Waals surface area contributed by atoms with Crippen LogP contribution in [0.1, 0.15) is 29.6 Å². The van der Waals surface area contributed by atoms with E-state index in [9.17, 15) is 5.11 Å². The molecule has 0 radical (unpaired) electrons. The Morgan fingerprint density at radius 1 is 1.08 bits per heavy atom. The molecular weight excluding hydrogens is 300 g/mol. The minimum atomic E-state index is -1.14. The van der Waals surface area contributed by atoms with Gasteiger partial charge in [0.05, 0.1) is 19.0 Å². The number of hydrogen-bond acceptors (Lipinski definition) is 3. The summed E-state index contributed by atoms with van der Waals surface area (Å²) in [6.45, 7) is 4.43. The second-order valence-electron chi connectivity index (χ2n) is 6.06. The van der Waals surface area contributed by atoms with E-state index in [4.69, 9.17) is 4.74 Å². The lowest BCUT2D eigenvalue weighted by atomic mass is 9.92. The van der Waals surface area contributed by atoms with Gasteiger partial charge < -0.3 is 14.4 Å². The summed E-state index contributed by atoms with van der Waals surface area (Å²) in [7, 11) is 1.63. The first-order chi connectivity index (χ1) is 11.5. The normalized spacial score (nSPS) is 13.5. The fourth-order valence-corrected chi connectivity index (χ4v) is 2.89. The number of aliphatic hydroxyl groups is 1. The zero-order valence-corrected chi connectivity index (χ0v) is 14.2. The first-order valence-corrected chi connectivity index (χ1v) is 7.96. The van der Waals surface area contributed by atoms with Gasteiger partial charge in [0.15, 0.2) is 0 Å². The van der Waals surface area contributed by atoms with E-state index in [1.54, 1.807) is 20.2 Å². The van der Waals surface area contributed by atoms with Crippen molar-refractivity contribution in [3.63, 3.8) is 0 Å². The maximum absolute atomic E-state index is 11.2. The second kappa shape index (κ2) is 6.49. The van der Waals surface area contributed by atoms with Gasteiger partial charge in [0.1, 0.15) is 17.2 Å². The van der Waals surface area contributed by atoms with Crippen molar-refractivity contribution in [3.05, 3.63) is 83.4 Å². The number of nitrogens with zero attached hydrogens (tertiary/aromatic N) is 2. The predicted molar refractivity (Wildman–Crippen MR) is 94.2 cm³/mol. The third-order valence-corrected chi connectivity index (χ3v) is 4.39. The highest BCUT2D eigenvalue weighted by atomic mass is 16.5. The van der Waals surface area contributed by atoms with E-state index in [1.807, 2.05) is 49.4 Å². The van der Waals surface area contributed by atoms with Crippen LogP contribution in [0.5, 0.6) is 5.75 Å². The summed E-state index contributed by atoms with van der Waals surface area (Å²) in [5, 5.41) is 11.2. The highest BCUT2D eigenvalue weighted by molar-refractivity contribution is 5.36. The van der Waals surface area contributed by atoms with Crippen molar-refractivity contribution in [2.24, 2.45) is 0 Å². The lowest BCUT2D eigenvalue weighted by molar-refractivity contribution is 0.0932. The lowest BCUT2D eigenvalue weighted by Gasteiger charge is -2.26. The molecule has 1 aromatic heterocycles. The molecule has 0 aliphatic heterocycles. The molecule has 4 nitrogen and oxygen atoms in total. The van der Waals surface area contributed by atoms with Crippen LogP contribution in [0.2, 0.25) is 0 Å². The fourth-order valence-electron chi connectivity index (χ4n) is 2.89. The molecule has 124 valence electrons. The third-order valence-electron chi connectivity index (χ3n) is 4.39. The van der Waals surface area contributed by atoms with Gasteiger partial charge in [-0.2, -0.15) is 0 Å². The highest BCUT2D eigenvalue weighted by Gasteiger charge is 2.30. The highest BCUT2D eigenvalue weighted by Crippen LogP contribution is 2.31. The molecule has 0 aliphatic rings. The molecule has 0 unspecified atom stereocenters. The van der Waals surface area contributed by atoms with Crippen molar-refractivity contribution in [2.75, 3.05) is 7.11 Å².